The van der Waals surface area contributed by atoms with Gasteiger partial charge in [-0.05, 0) is 29.8 Å². The van der Waals surface area contributed by atoms with Gasteiger partial charge in [0.25, 0.3) is 0 Å². The number of carbonyl (C=O) groups is 1. The fourth-order valence-corrected chi connectivity index (χ4v) is 2.84. The number of carbonyl (C=O) groups excluding carboxylic acids is 1. The summed E-state index contributed by atoms with van der Waals surface area (Å²) in [7, 11) is 0. The molecule has 1 aliphatic heterocycles. The van der Waals surface area contributed by atoms with E-state index in [4.69, 9.17) is 0 Å². The van der Waals surface area contributed by atoms with Gasteiger partial charge < -0.3 is 4.90 Å². The second-order valence-corrected chi connectivity index (χ2v) is 6.10. The lowest BCUT2D eigenvalue weighted by molar-refractivity contribution is 0.103. The standard InChI is InChI=1S/C20H20F2N2O/c21-17-7-5-16(6-8-17)15-24-13-11-23(12-14-24)10-9-20(25)18-3-1-2-4-19(18)22/h1-10H,11-15H2. The summed E-state index contributed by atoms with van der Waals surface area (Å²) in [5.41, 5.74) is 1.17. The van der Waals surface area contributed by atoms with Crippen molar-refractivity contribution in [1.82, 2.24) is 9.80 Å². The molecule has 0 aromatic heterocycles. The van der Waals surface area contributed by atoms with Gasteiger partial charge in [-0.15, -0.1) is 0 Å². The maximum absolute atomic E-state index is 13.6. The van der Waals surface area contributed by atoms with Crippen LogP contribution in [0, 0.1) is 11.6 Å². The Labute approximate surface area is 146 Å². The van der Waals surface area contributed by atoms with Gasteiger partial charge in [-0.25, -0.2) is 8.78 Å². The summed E-state index contributed by atoms with van der Waals surface area (Å²) in [6.07, 6.45) is 3.16. The van der Waals surface area contributed by atoms with Crippen LogP contribution >= 0.6 is 0 Å². The summed E-state index contributed by atoms with van der Waals surface area (Å²) in [4.78, 5) is 16.4. The average molecular weight is 342 g/mol. The lowest BCUT2D eigenvalue weighted by Crippen LogP contribution is -2.43. The number of rotatable bonds is 5. The van der Waals surface area contributed by atoms with E-state index in [-0.39, 0.29) is 17.2 Å². The van der Waals surface area contributed by atoms with Crippen LogP contribution in [0.25, 0.3) is 0 Å². The first-order valence-corrected chi connectivity index (χ1v) is 8.30. The van der Waals surface area contributed by atoms with Crippen LogP contribution in [0.1, 0.15) is 15.9 Å². The van der Waals surface area contributed by atoms with Crippen molar-refractivity contribution in [3.05, 3.63) is 83.6 Å². The predicted molar refractivity (Wildman–Crippen MR) is 93.1 cm³/mol. The molecule has 5 heteroatoms. The minimum absolute atomic E-state index is 0.0914. The zero-order chi connectivity index (χ0) is 17.6. The molecule has 0 N–H and O–H groups in total. The molecule has 0 aliphatic carbocycles. The molecule has 25 heavy (non-hydrogen) atoms. The van der Waals surface area contributed by atoms with Crippen molar-refractivity contribution in [2.45, 2.75) is 6.54 Å². The van der Waals surface area contributed by atoms with Crippen LogP contribution in [-0.4, -0.2) is 41.8 Å². The van der Waals surface area contributed by atoms with E-state index in [2.05, 4.69) is 9.80 Å². The highest BCUT2D eigenvalue weighted by molar-refractivity contribution is 6.04. The average Bonchev–Trinajstić information content (AvgIpc) is 2.63. The van der Waals surface area contributed by atoms with Gasteiger partial charge in [-0.2, -0.15) is 0 Å². The third-order valence-electron chi connectivity index (χ3n) is 4.30. The first-order valence-electron chi connectivity index (χ1n) is 8.30. The number of piperazine rings is 1. The van der Waals surface area contributed by atoms with E-state index in [1.54, 1.807) is 30.5 Å². The van der Waals surface area contributed by atoms with Crippen LogP contribution in [0.3, 0.4) is 0 Å². The smallest absolute Gasteiger partial charge is 0.190 e. The largest absolute Gasteiger partial charge is 0.375 e. The lowest BCUT2D eigenvalue weighted by Gasteiger charge is -2.34. The molecule has 1 heterocycles. The summed E-state index contributed by atoms with van der Waals surface area (Å²) in [6.45, 7) is 4.09. The monoisotopic (exact) mass is 342 g/mol. The van der Waals surface area contributed by atoms with Gasteiger partial charge >= 0.3 is 0 Å². The lowest BCUT2D eigenvalue weighted by atomic mass is 10.1. The van der Waals surface area contributed by atoms with Gasteiger partial charge in [0.15, 0.2) is 5.78 Å². The number of benzene rings is 2. The Balaban J connectivity index is 1.50. The highest BCUT2D eigenvalue weighted by Crippen LogP contribution is 2.11. The predicted octanol–water partition coefficient (Wildman–Crippen LogP) is 3.48. The molecule has 0 amide bonds. The number of nitrogens with zero attached hydrogens (tertiary/aromatic N) is 2. The first kappa shape index (κ1) is 17.3. The fraction of sp³-hybridized carbons (Fsp3) is 0.250. The topological polar surface area (TPSA) is 23.6 Å². The van der Waals surface area contributed by atoms with E-state index in [9.17, 15) is 13.6 Å². The second-order valence-electron chi connectivity index (χ2n) is 6.10. The Morgan fingerprint density at radius 3 is 2.32 bits per heavy atom. The second kappa shape index (κ2) is 8.03. The van der Waals surface area contributed by atoms with Crippen LogP contribution in [0.2, 0.25) is 0 Å². The molecule has 3 nitrogen and oxygen atoms in total. The molecule has 0 unspecified atom stereocenters. The van der Waals surface area contributed by atoms with Crippen LogP contribution in [0.15, 0.2) is 60.8 Å². The van der Waals surface area contributed by atoms with E-state index in [0.717, 1.165) is 38.3 Å². The van der Waals surface area contributed by atoms with Crippen molar-refractivity contribution in [2.75, 3.05) is 26.2 Å². The summed E-state index contributed by atoms with van der Waals surface area (Å²) in [5.74, 6) is -1.05. The van der Waals surface area contributed by atoms with Gasteiger partial charge in [-0.3, -0.25) is 9.69 Å². The van der Waals surface area contributed by atoms with E-state index in [1.807, 2.05) is 0 Å². The Morgan fingerprint density at radius 1 is 0.960 bits per heavy atom. The van der Waals surface area contributed by atoms with E-state index in [1.165, 1.54) is 30.3 Å². The zero-order valence-corrected chi connectivity index (χ0v) is 13.9. The summed E-state index contributed by atoms with van der Waals surface area (Å²) >= 11 is 0. The SMILES string of the molecule is O=C(C=CN1CCN(Cc2ccc(F)cc2)CC1)c1ccccc1F. The molecule has 130 valence electrons. The fourth-order valence-electron chi connectivity index (χ4n) is 2.84. The molecule has 0 bridgehead atoms. The molecule has 1 fully saturated rings. The molecule has 1 aliphatic rings. The highest BCUT2D eigenvalue weighted by Gasteiger charge is 2.15. The summed E-state index contributed by atoms with van der Waals surface area (Å²) in [6, 6.07) is 12.5. The van der Waals surface area contributed by atoms with E-state index in [0.29, 0.717) is 0 Å². The third-order valence-corrected chi connectivity index (χ3v) is 4.30. The van der Waals surface area contributed by atoms with E-state index < -0.39 is 5.82 Å². The molecular formula is C20H20F2N2O. The Kier molecular flexibility index (Phi) is 5.56. The van der Waals surface area contributed by atoms with Crippen LogP contribution in [0.4, 0.5) is 8.78 Å². The maximum atomic E-state index is 13.6. The molecule has 1 saturated heterocycles. The molecule has 2 aromatic rings. The van der Waals surface area contributed by atoms with Gasteiger partial charge in [-0.1, -0.05) is 24.3 Å². The van der Waals surface area contributed by atoms with Crippen LogP contribution < -0.4 is 0 Å². The van der Waals surface area contributed by atoms with Crippen molar-refractivity contribution in [3.63, 3.8) is 0 Å². The van der Waals surface area contributed by atoms with Crippen molar-refractivity contribution in [2.24, 2.45) is 0 Å². The molecular weight excluding hydrogens is 322 g/mol. The van der Waals surface area contributed by atoms with Crippen molar-refractivity contribution in [3.8, 4) is 0 Å². The number of allylic oxidation sites excluding steroid dienone is 1. The molecule has 0 spiro atoms. The van der Waals surface area contributed by atoms with Crippen molar-refractivity contribution < 1.29 is 13.6 Å². The van der Waals surface area contributed by atoms with Gasteiger partial charge in [0.1, 0.15) is 11.6 Å². The minimum Gasteiger partial charge on any atom is -0.375 e. The number of hydrogen-bond acceptors (Lipinski definition) is 3. The van der Waals surface area contributed by atoms with Crippen molar-refractivity contribution >= 4 is 5.78 Å². The first-order chi connectivity index (χ1) is 12.1. The number of hydrogen-bond donors (Lipinski definition) is 0. The Bertz CT molecular complexity index is 751. The summed E-state index contributed by atoms with van der Waals surface area (Å²) in [5, 5.41) is 0. The van der Waals surface area contributed by atoms with Crippen molar-refractivity contribution in [1.29, 1.82) is 0 Å². The Hall–Kier alpha value is -2.53. The molecule has 3 rings (SSSR count). The third kappa shape index (κ3) is 4.73. The molecule has 0 radical (unpaired) electrons. The normalized spacial score (nSPS) is 15.7. The highest BCUT2D eigenvalue weighted by atomic mass is 19.1. The maximum Gasteiger partial charge on any atom is 0.190 e. The zero-order valence-electron chi connectivity index (χ0n) is 13.9. The van der Waals surface area contributed by atoms with Crippen LogP contribution in [0.5, 0.6) is 0 Å². The molecule has 0 saturated carbocycles. The van der Waals surface area contributed by atoms with Crippen LogP contribution in [-0.2, 0) is 6.54 Å². The van der Waals surface area contributed by atoms with Gasteiger partial charge in [0, 0.05) is 45.0 Å². The molecule has 2 aromatic carbocycles. The van der Waals surface area contributed by atoms with E-state index >= 15 is 0 Å². The quantitative estimate of drug-likeness (QED) is 0.614. The van der Waals surface area contributed by atoms with Gasteiger partial charge in [0.05, 0.1) is 5.56 Å². The minimum atomic E-state index is -0.499. The van der Waals surface area contributed by atoms with Gasteiger partial charge in [0.2, 0.25) is 0 Å². The number of halogens is 2. The summed E-state index contributed by atoms with van der Waals surface area (Å²) < 4.78 is 26.5. The molecule has 0 atom stereocenters. The Morgan fingerprint density at radius 2 is 1.64 bits per heavy atom. The number of ketones is 1.